The molecule has 0 aliphatic carbocycles. The summed E-state index contributed by atoms with van der Waals surface area (Å²) in [7, 11) is 0. The van der Waals surface area contributed by atoms with Crippen LogP contribution in [0.5, 0.6) is 0 Å². The second-order valence-electron chi connectivity index (χ2n) is 6.27. The molecule has 3 aromatic rings. The van der Waals surface area contributed by atoms with E-state index in [1.807, 2.05) is 32.0 Å². The summed E-state index contributed by atoms with van der Waals surface area (Å²) in [5, 5.41) is 3.96. The van der Waals surface area contributed by atoms with Crippen molar-refractivity contribution in [2.45, 2.75) is 27.2 Å². The van der Waals surface area contributed by atoms with Gasteiger partial charge < -0.3 is 10.1 Å². The number of benzene rings is 1. The topological polar surface area (TPSA) is 81.2 Å². The number of nitrogens with one attached hydrogen (secondary N) is 1. The fourth-order valence-electron chi connectivity index (χ4n) is 2.69. The lowest BCUT2D eigenvalue weighted by molar-refractivity contribution is 0.0506. The first-order chi connectivity index (χ1) is 13.0. The lowest BCUT2D eigenvalue weighted by Crippen LogP contribution is -2.10. The molecule has 0 radical (unpaired) electrons. The van der Waals surface area contributed by atoms with Gasteiger partial charge in [0.05, 0.1) is 12.3 Å². The number of pyridine rings is 2. The predicted molar refractivity (Wildman–Crippen MR) is 105 cm³/mol. The fraction of sp³-hybridized carbons (Fsp3) is 0.238. The Hall–Kier alpha value is -3.28. The molecule has 3 rings (SSSR count). The zero-order chi connectivity index (χ0) is 19.4. The van der Waals surface area contributed by atoms with Gasteiger partial charge in [0.1, 0.15) is 5.56 Å². The quantitative estimate of drug-likeness (QED) is 0.515. The van der Waals surface area contributed by atoms with Crippen LogP contribution in [0.1, 0.15) is 46.7 Å². The highest BCUT2D eigenvalue weighted by molar-refractivity contribution is 6.05. The summed E-state index contributed by atoms with van der Waals surface area (Å²) in [6, 6.07) is 10.9. The number of aromatic nitrogens is 2. The molecule has 0 spiro atoms. The van der Waals surface area contributed by atoms with E-state index in [0.29, 0.717) is 40.1 Å². The van der Waals surface area contributed by atoms with Gasteiger partial charge in [-0.25, -0.2) is 14.8 Å². The summed E-state index contributed by atoms with van der Waals surface area (Å²) in [4.78, 5) is 32.9. The van der Waals surface area contributed by atoms with E-state index in [1.165, 1.54) is 13.1 Å². The number of ketones is 1. The molecule has 0 amide bonds. The van der Waals surface area contributed by atoms with Crippen molar-refractivity contribution in [1.82, 2.24) is 9.97 Å². The van der Waals surface area contributed by atoms with Crippen LogP contribution in [0.2, 0.25) is 0 Å². The number of anilines is 2. The maximum Gasteiger partial charge on any atom is 0.341 e. The van der Waals surface area contributed by atoms with Crippen molar-refractivity contribution in [3.63, 3.8) is 0 Å². The first-order valence-corrected chi connectivity index (χ1v) is 8.81. The zero-order valence-corrected chi connectivity index (χ0v) is 15.6. The number of carbonyl (C=O) groups excluding carboxylic acids is 2. The average molecular weight is 363 g/mol. The van der Waals surface area contributed by atoms with Gasteiger partial charge in [0, 0.05) is 28.5 Å². The molecule has 1 N–H and O–H groups in total. The van der Waals surface area contributed by atoms with E-state index in [4.69, 9.17) is 4.74 Å². The van der Waals surface area contributed by atoms with E-state index in [2.05, 4.69) is 15.3 Å². The van der Waals surface area contributed by atoms with Crippen molar-refractivity contribution < 1.29 is 14.3 Å². The van der Waals surface area contributed by atoms with Gasteiger partial charge in [-0.3, -0.25) is 4.79 Å². The van der Waals surface area contributed by atoms with Crippen molar-refractivity contribution in [1.29, 1.82) is 0 Å². The van der Waals surface area contributed by atoms with Gasteiger partial charge in [0.2, 0.25) is 0 Å². The Morgan fingerprint density at radius 1 is 1.19 bits per heavy atom. The van der Waals surface area contributed by atoms with Crippen LogP contribution in [0, 0.1) is 6.92 Å². The maximum absolute atomic E-state index is 12.5. The van der Waals surface area contributed by atoms with Crippen LogP contribution in [0.25, 0.3) is 11.0 Å². The SMILES string of the molecule is CCCOC(=O)c1cnc2nc(C)ccc2c1Nc1cccc(C(C)=O)c1. The highest BCUT2D eigenvalue weighted by atomic mass is 16.5. The maximum atomic E-state index is 12.5. The first-order valence-electron chi connectivity index (χ1n) is 8.81. The number of carbonyl (C=O) groups is 2. The second-order valence-corrected chi connectivity index (χ2v) is 6.27. The van der Waals surface area contributed by atoms with Crippen LogP contribution in [-0.4, -0.2) is 28.3 Å². The number of esters is 1. The smallest absolute Gasteiger partial charge is 0.341 e. The number of rotatable bonds is 6. The highest BCUT2D eigenvalue weighted by Gasteiger charge is 2.18. The van der Waals surface area contributed by atoms with Gasteiger partial charge in [-0.15, -0.1) is 0 Å². The predicted octanol–water partition coefficient (Wildman–Crippen LogP) is 4.45. The number of nitrogens with zero attached hydrogens (tertiary/aromatic N) is 2. The Bertz CT molecular complexity index is 1010. The van der Waals surface area contributed by atoms with Gasteiger partial charge in [0.25, 0.3) is 0 Å². The number of Topliss-reactive ketones (excluding diaryl/α,β-unsaturated/α-hetero) is 1. The van der Waals surface area contributed by atoms with Crippen LogP contribution in [0.15, 0.2) is 42.6 Å². The zero-order valence-electron chi connectivity index (χ0n) is 15.6. The summed E-state index contributed by atoms with van der Waals surface area (Å²) in [5.41, 5.74) is 3.54. The van der Waals surface area contributed by atoms with Crippen molar-refractivity contribution in [2.75, 3.05) is 11.9 Å². The Labute approximate surface area is 157 Å². The molecule has 6 nitrogen and oxygen atoms in total. The van der Waals surface area contributed by atoms with Crippen molar-refractivity contribution in [3.05, 3.63) is 59.4 Å². The van der Waals surface area contributed by atoms with E-state index in [0.717, 1.165) is 12.1 Å². The van der Waals surface area contributed by atoms with E-state index in [1.54, 1.807) is 18.2 Å². The van der Waals surface area contributed by atoms with E-state index in [-0.39, 0.29) is 5.78 Å². The second kappa shape index (κ2) is 7.95. The highest BCUT2D eigenvalue weighted by Crippen LogP contribution is 2.29. The molecule has 0 aliphatic heterocycles. The molecule has 2 aromatic heterocycles. The summed E-state index contributed by atoms with van der Waals surface area (Å²) in [6.07, 6.45) is 2.21. The van der Waals surface area contributed by atoms with Crippen molar-refractivity contribution >= 4 is 34.2 Å². The fourth-order valence-corrected chi connectivity index (χ4v) is 2.69. The van der Waals surface area contributed by atoms with Gasteiger partial charge in [-0.2, -0.15) is 0 Å². The molecule has 0 atom stereocenters. The van der Waals surface area contributed by atoms with Crippen LogP contribution in [0.3, 0.4) is 0 Å². The Balaban J connectivity index is 2.11. The molecule has 0 aliphatic rings. The minimum absolute atomic E-state index is 0.0295. The van der Waals surface area contributed by atoms with Gasteiger partial charge in [-0.1, -0.05) is 19.1 Å². The largest absolute Gasteiger partial charge is 0.462 e. The molecule has 0 bridgehead atoms. The molecule has 0 unspecified atom stereocenters. The molecule has 0 saturated heterocycles. The molecule has 0 saturated carbocycles. The summed E-state index contributed by atoms with van der Waals surface area (Å²) in [5.74, 6) is -0.477. The number of aryl methyl sites for hydroxylation is 1. The normalized spacial score (nSPS) is 10.6. The molecular weight excluding hydrogens is 342 g/mol. The minimum atomic E-state index is -0.447. The summed E-state index contributed by atoms with van der Waals surface area (Å²) >= 11 is 0. The van der Waals surface area contributed by atoms with Crippen LogP contribution in [-0.2, 0) is 4.74 Å². The standard InChI is InChI=1S/C21H21N3O3/c1-4-10-27-21(26)18-12-22-20-17(9-8-13(2)23-20)19(18)24-16-7-5-6-15(11-16)14(3)25/h5-9,11-12H,4,10H2,1-3H3,(H,22,23,24). The summed E-state index contributed by atoms with van der Waals surface area (Å²) < 4.78 is 5.30. The summed E-state index contributed by atoms with van der Waals surface area (Å²) in [6.45, 7) is 5.67. The minimum Gasteiger partial charge on any atom is -0.462 e. The molecule has 0 fully saturated rings. The number of ether oxygens (including phenoxy) is 1. The lowest BCUT2D eigenvalue weighted by Gasteiger charge is -2.14. The van der Waals surface area contributed by atoms with E-state index >= 15 is 0 Å². The van der Waals surface area contributed by atoms with Crippen LogP contribution >= 0.6 is 0 Å². The first kappa shape index (κ1) is 18.5. The molecule has 2 heterocycles. The molecule has 6 heteroatoms. The third-order valence-electron chi connectivity index (χ3n) is 4.06. The Kier molecular flexibility index (Phi) is 5.45. The lowest BCUT2D eigenvalue weighted by atomic mass is 10.1. The van der Waals surface area contributed by atoms with Crippen molar-refractivity contribution in [3.8, 4) is 0 Å². The number of hydrogen-bond acceptors (Lipinski definition) is 6. The van der Waals surface area contributed by atoms with E-state index < -0.39 is 5.97 Å². The third-order valence-corrected chi connectivity index (χ3v) is 4.06. The number of fused-ring (bicyclic) bond motifs is 1. The monoisotopic (exact) mass is 363 g/mol. The Morgan fingerprint density at radius 2 is 2.00 bits per heavy atom. The van der Waals surface area contributed by atoms with Gasteiger partial charge >= 0.3 is 5.97 Å². The van der Waals surface area contributed by atoms with Gasteiger partial charge in [0.15, 0.2) is 11.4 Å². The van der Waals surface area contributed by atoms with Crippen LogP contribution < -0.4 is 5.32 Å². The van der Waals surface area contributed by atoms with Gasteiger partial charge in [-0.05, 0) is 44.5 Å². The molecule has 1 aromatic carbocycles. The average Bonchev–Trinajstić information content (AvgIpc) is 2.66. The molecular formula is C21H21N3O3. The Morgan fingerprint density at radius 3 is 2.74 bits per heavy atom. The van der Waals surface area contributed by atoms with Crippen molar-refractivity contribution in [2.24, 2.45) is 0 Å². The van der Waals surface area contributed by atoms with E-state index in [9.17, 15) is 9.59 Å². The molecule has 27 heavy (non-hydrogen) atoms. The molecule has 138 valence electrons. The third kappa shape index (κ3) is 4.11. The van der Waals surface area contributed by atoms with Crippen LogP contribution in [0.4, 0.5) is 11.4 Å². The number of hydrogen-bond donors (Lipinski definition) is 1.